The van der Waals surface area contributed by atoms with Crippen LogP contribution in [0.2, 0.25) is 25.7 Å². The largest absolute Gasteiger partial charge is 0.490 e. The van der Waals surface area contributed by atoms with Gasteiger partial charge in [0.15, 0.2) is 18.3 Å². The van der Waals surface area contributed by atoms with Gasteiger partial charge in [0, 0.05) is 37.9 Å². The maximum atomic E-state index is 5.96. The van der Waals surface area contributed by atoms with Crippen LogP contribution in [0.1, 0.15) is 6.42 Å². The molecule has 0 radical (unpaired) electrons. The van der Waals surface area contributed by atoms with Crippen molar-refractivity contribution in [3.63, 3.8) is 0 Å². The lowest BCUT2D eigenvalue weighted by molar-refractivity contribution is 0.0198. The second kappa shape index (κ2) is 11.5. The number of hydrogen-bond acceptors (Lipinski definition) is 5. The van der Waals surface area contributed by atoms with E-state index in [2.05, 4.69) is 47.1 Å². The summed E-state index contributed by atoms with van der Waals surface area (Å²) in [4.78, 5) is 2.42. The van der Waals surface area contributed by atoms with Crippen LogP contribution < -0.4 is 9.47 Å². The Morgan fingerprint density at radius 3 is 2.58 bits per heavy atom. The second-order valence-electron chi connectivity index (χ2n) is 7.73. The minimum absolute atomic E-state index is 0.273. The Kier molecular flexibility index (Phi) is 9.69. The van der Waals surface area contributed by atoms with Crippen LogP contribution >= 0.6 is 22.6 Å². The molecule has 0 saturated carbocycles. The maximum Gasteiger partial charge on any atom is 0.189 e. The summed E-state index contributed by atoms with van der Waals surface area (Å²) in [7, 11) is -1.06. The van der Waals surface area contributed by atoms with Crippen LogP contribution in [0.4, 0.5) is 0 Å². The van der Waals surface area contributed by atoms with Crippen molar-refractivity contribution in [3.05, 3.63) is 21.8 Å². The average molecular weight is 493 g/mol. The highest BCUT2D eigenvalue weighted by molar-refractivity contribution is 14.1. The molecule has 1 aliphatic heterocycles. The van der Waals surface area contributed by atoms with Crippen molar-refractivity contribution in [3.8, 4) is 11.5 Å². The third-order valence-electron chi connectivity index (χ3n) is 4.18. The van der Waals surface area contributed by atoms with Crippen molar-refractivity contribution < 1.29 is 18.9 Å². The Balaban J connectivity index is 1.71. The highest BCUT2D eigenvalue weighted by Crippen LogP contribution is 2.29. The van der Waals surface area contributed by atoms with E-state index in [-0.39, 0.29) is 6.79 Å². The molecule has 1 aliphatic rings. The Bertz CT molecular complexity index is 533. The van der Waals surface area contributed by atoms with Gasteiger partial charge in [0.25, 0.3) is 0 Å². The lowest BCUT2D eigenvalue weighted by atomic mass is 10.3. The van der Waals surface area contributed by atoms with Crippen molar-refractivity contribution in [1.29, 1.82) is 0 Å². The van der Waals surface area contributed by atoms with Crippen LogP contribution in [0.5, 0.6) is 11.5 Å². The van der Waals surface area contributed by atoms with Crippen LogP contribution in [0.3, 0.4) is 0 Å². The van der Waals surface area contributed by atoms with Crippen molar-refractivity contribution in [2.24, 2.45) is 0 Å². The Hall–Kier alpha value is -0.353. The van der Waals surface area contributed by atoms with Crippen LogP contribution in [-0.4, -0.2) is 65.8 Å². The smallest absolute Gasteiger partial charge is 0.189 e. The first kappa shape index (κ1) is 21.9. The van der Waals surface area contributed by atoms with Crippen molar-refractivity contribution >= 4 is 30.7 Å². The molecule has 5 nitrogen and oxygen atoms in total. The van der Waals surface area contributed by atoms with Gasteiger partial charge in [-0.2, -0.15) is 0 Å². The Morgan fingerprint density at radius 1 is 1.08 bits per heavy atom. The SMILES string of the molecule is C[Si](C)(C)CCOCOc1cc(I)ccc1OCCCN1CCOCC1. The van der Waals surface area contributed by atoms with E-state index in [1.165, 1.54) is 0 Å². The zero-order valence-electron chi connectivity index (χ0n) is 16.3. The van der Waals surface area contributed by atoms with Crippen molar-refractivity contribution in [1.82, 2.24) is 4.90 Å². The lowest BCUT2D eigenvalue weighted by Crippen LogP contribution is -2.37. The first-order valence-electron chi connectivity index (χ1n) is 9.37. The minimum atomic E-state index is -1.06. The number of ether oxygens (including phenoxy) is 4. The first-order chi connectivity index (χ1) is 12.4. The van der Waals surface area contributed by atoms with E-state index < -0.39 is 8.07 Å². The van der Waals surface area contributed by atoms with E-state index >= 15 is 0 Å². The molecule has 0 atom stereocenters. The summed E-state index contributed by atoms with van der Waals surface area (Å²) in [6.45, 7) is 13.5. The molecule has 0 aliphatic carbocycles. The normalized spacial score (nSPS) is 15.8. The van der Waals surface area contributed by atoms with E-state index in [1.54, 1.807) is 0 Å². The highest BCUT2D eigenvalue weighted by atomic mass is 127. The molecule has 0 unspecified atom stereocenters. The fourth-order valence-electron chi connectivity index (χ4n) is 2.55. The van der Waals surface area contributed by atoms with Gasteiger partial charge in [0.05, 0.1) is 19.8 Å². The molecule has 26 heavy (non-hydrogen) atoms. The number of morpholine rings is 1. The molecule has 0 spiro atoms. The number of benzene rings is 1. The zero-order chi connectivity index (χ0) is 18.8. The molecule has 1 aromatic carbocycles. The highest BCUT2D eigenvalue weighted by Gasteiger charge is 2.13. The van der Waals surface area contributed by atoms with Crippen LogP contribution in [-0.2, 0) is 9.47 Å². The minimum Gasteiger partial charge on any atom is -0.490 e. The monoisotopic (exact) mass is 493 g/mol. The van der Waals surface area contributed by atoms with Gasteiger partial charge in [-0.3, -0.25) is 4.90 Å². The van der Waals surface area contributed by atoms with Crippen LogP contribution in [0, 0.1) is 3.57 Å². The van der Waals surface area contributed by atoms with Crippen molar-refractivity contribution in [2.75, 3.05) is 52.9 Å². The van der Waals surface area contributed by atoms with E-state index in [0.717, 1.165) is 67.0 Å². The van der Waals surface area contributed by atoms with Crippen LogP contribution in [0.25, 0.3) is 0 Å². The quantitative estimate of drug-likeness (QED) is 0.201. The molecule has 7 heteroatoms. The molecule has 2 rings (SSSR count). The molecule has 1 saturated heterocycles. The fourth-order valence-corrected chi connectivity index (χ4v) is 3.77. The second-order valence-corrected chi connectivity index (χ2v) is 14.6. The van der Waals surface area contributed by atoms with Crippen LogP contribution in [0.15, 0.2) is 18.2 Å². The molecule has 0 aromatic heterocycles. The number of rotatable bonds is 11. The van der Waals surface area contributed by atoms with E-state index in [4.69, 9.17) is 18.9 Å². The summed E-state index contributed by atoms with van der Waals surface area (Å²) < 4.78 is 23.9. The molecule has 1 heterocycles. The topological polar surface area (TPSA) is 40.2 Å². The molecule has 0 bridgehead atoms. The molecular formula is C19H32INO4Si. The Labute approximate surface area is 172 Å². The summed E-state index contributed by atoms with van der Waals surface area (Å²) in [5, 5.41) is 0. The van der Waals surface area contributed by atoms with Crippen molar-refractivity contribution in [2.45, 2.75) is 32.1 Å². The summed E-state index contributed by atoms with van der Waals surface area (Å²) >= 11 is 2.29. The lowest BCUT2D eigenvalue weighted by Gasteiger charge is -2.26. The zero-order valence-corrected chi connectivity index (χ0v) is 19.4. The summed E-state index contributed by atoms with van der Waals surface area (Å²) in [5.74, 6) is 1.55. The van der Waals surface area contributed by atoms with E-state index in [9.17, 15) is 0 Å². The van der Waals surface area contributed by atoms with Gasteiger partial charge in [-0.05, 0) is 53.3 Å². The molecular weight excluding hydrogens is 461 g/mol. The standard InChI is InChI=1S/C19H32INO4Si/c1-26(2,3)14-13-23-16-25-19-15-17(20)5-6-18(19)24-10-4-7-21-8-11-22-12-9-21/h5-6,15H,4,7-14,16H2,1-3H3. The van der Waals surface area contributed by atoms with Gasteiger partial charge < -0.3 is 18.9 Å². The predicted octanol–water partition coefficient (Wildman–Crippen LogP) is 4.08. The Morgan fingerprint density at radius 2 is 1.85 bits per heavy atom. The predicted molar refractivity (Wildman–Crippen MR) is 116 cm³/mol. The number of nitrogens with zero attached hydrogens (tertiary/aromatic N) is 1. The first-order valence-corrected chi connectivity index (χ1v) is 14.2. The summed E-state index contributed by atoms with van der Waals surface area (Å²) in [5.41, 5.74) is 0. The maximum absolute atomic E-state index is 5.96. The van der Waals surface area contributed by atoms with Gasteiger partial charge in [-0.15, -0.1) is 0 Å². The molecule has 1 aromatic rings. The van der Waals surface area contributed by atoms with Gasteiger partial charge in [-0.1, -0.05) is 19.6 Å². The molecule has 1 fully saturated rings. The molecule has 148 valence electrons. The third-order valence-corrected chi connectivity index (χ3v) is 6.55. The van der Waals surface area contributed by atoms with Gasteiger partial charge in [0.2, 0.25) is 0 Å². The third kappa shape index (κ3) is 9.03. The van der Waals surface area contributed by atoms with Gasteiger partial charge >= 0.3 is 0 Å². The van der Waals surface area contributed by atoms with E-state index in [0.29, 0.717) is 6.61 Å². The number of halogens is 1. The molecule has 0 N–H and O–H groups in total. The van der Waals surface area contributed by atoms with E-state index in [1.807, 2.05) is 18.2 Å². The summed E-state index contributed by atoms with van der Waals surface area (Å²) in [6.07, 6.45) is 0.998. The van der Waals surface area contributed by atoms with Gasteiger partial charge in [0.1, 0.15) is 0 Å². The summed E-state index contributed by atoms with van der Waals surface area (Å²) in [6, 6.07) is 7.16. The number of hydrogen-bond donors (Lipinski definition) is 0. The fraction of sp³-hybridized carbons (Fsp3) is 0.684. The average Bonchev–Trinajstić information content (AvgIpc) is 2.60. The van der Waals surface area contributed by atoms with Gasteiger partial charge in [-0.25, -0.2) is 0 Å². The molecule has 0 amide bonds.